The molecule has 4 rings (SSSR count). The van der Waals surface area contributed by atoms with Gasteiger partial charge in [0.15, 0.2) is 0 Å². The highest BCUT2D eigenvalue weighted by atomic mass is 79.9. The fourth-order valence-electron chi connectivity index (χ4n) is 3.05. The molecule has 0 fully saturated rings. The highest BCUT2D eigenvalue weighted by Crippen LogP contribution is 2.28. The number of rotatable bonds is 1. The molecule has 0 unspecified atom stereocenters. The van der Waals surface area contributed by atoms with Crippen LogP contribution in [-0.2, 0) is 7.05 Å². The highest BCUT2D eigenvalue weighted by molar-refractivity contribution is 9.10. The molecule has 0 aliphatic heterocycles. The predicted molar refractivity (Wildman–Crippen MR) is 98.9 cm³/mol. The molecule has 0 bridgehead atoms. The van der Waals surface area contributed by atoms with Crippen molar-refractivity contribution in [1.29, 1.82) is 0 Å². The summed E-state index contributed by atoms with van der Waals surface area (Å²) in [4.78, 5) is 16.1. The largest absolute Gasteiger partial charge is 0.341 e. The molecule has 0 aliphatic carbocycles. The van der Waals surface area contributed by atoms with Crippen molar-refractivity contribution in [3.05, 3.63) is 68.9 Å². The van der Waals surface area contributed by atoms with E-state index in [0.717, 1.165) is 37.5 Å². The quantitative estimate of drug-likeness (QED) is 0.518. The van der Waals surface area contributed by atoms with E-state index in [0.29, 0.717) is 0 Å². The smallest absolute Gasteiger partial charge is 0.259 e. The van der Waals surface area contributed by atoms with Crippen molar-refractivity contribution in [3.8, 4) is 11.1 Å². The lowest BCUT2D eigenvalue weighted by Crippen LogP contribution is -2.18. The summed E-state index contributed by atoms with van der Waals surface area (Å²) in [5.74, 6) is 0. The number of aromatic nitrogens is 2. The summed E-state index contributed by atoms with van der Waals surface area (Å²) in [5.41, 5.74) is 4.76. The Morgan fingerprint density at radius 3 is 2.48 bits per heavy atom. The third-order valence-electron chi connectivity index (χ3n) is 4.29. The van der Waals surface area contributed by atoms with Gasteiger partial charge in [0.05, 0.1) is 0 Å². The monoisotopic (exact) mass is 366 g/mol. The van der Waals surface area contributed by atoms with Gasteiger partial charge in [0.1, 0.15) is 5.65 Å². The van der Waals surface area contributed by atoms with E-state index in [1.165, 1.54) is 5.56 Å². The van der Waals surface area contributed by atoms with Gasteiger partial charge in [0.25, 0.3) is 5.56 Å². The highest BCUT2D eigenvalue weighted by Gasteiger charge is 2.13. The first-order valence-corrected chi connectivity index (χ1v) is 8.22. The second-order valence-electron chi connectivity index (χ2n) is 5.87. The Hall–Kier alpha value is -2.33. The predicted octanol–water partition coefficient (Wildman–Crippen LogP) is 4.76. The number of benzene rings is 2. The molecule has 0 spiro atoms. The normalized spacial score (nSPS) is 11.4. The maximum absolute atomic E-state index is 12.7. The molecular weight excluding hydrogens is 352 g/mol. The number of nitrogens with zero attached hydrogens (tertiary/aromatic N) is 1. The lowest BCUT2D eigenvalue weighted by Gasteiger charge is -2.06. The van der Waals surface area contributed by atoms with Crippen molar-refractivity contribution in [3.63, 3.8) is 0 Å². The van der Waals surface area contributed by atoms with E-state index in [1.807, 2.05) is 37.4 Å². The summed E-state index contributed by atoms with van der Waals surface area (Å²) < 4.78 is 2.70. The van der Waals surface area contributed by atoms with E-state index < -0.39 is 0 Å². The van der Waals surface area contributed by atoms with Gasteiger partial charge in [-0.2, -0.15) is 0 Å². The van der Waals surface area contributed by atoms with Crippen LogP contribution in [0, 0.1) is 6.92 Å². The minimum atomic E-state index is 0.00287. The number of nitrogens with one attached hydrogen (secondary N) is 1. The molecule has 3 nitrogen and oxygen atoms in total. The Labute approximate surface area is 141 Å². The van der Waals surface area contributed by atoms with E-state index in [1.54, 1.807) is 4.57 Å². The van der Waals surface area contributed by atoms with Crippen LogP contribution in [0.3, 0.4) is 0 Å². The van der Waals surface area contributed by atoms with Crippen molar-refractivity contribution in [1.82, 2.24) is 9.55 Å². The lowest BCUT2D eigenvalue weighted by molar-refractivity contribution is 0.896. The van der Waals surface area contributed by atoms with Gasteiger partial charge >= 0.3 is 0 Å². The Kier molecular flexibility index (Phi) is 3.16. The lowest BCUT2D eigenvalue weighted by atomic mass is 10.0. The number of aromatic amines is 1. The van der Waals surface area contributed by atoms with Gasteiger partial charge in [-0.25, -0.2) is 0 Å². The van der Waals surface area contributed by atoms with E-state index in [-0.39, 0.29) is 5.56 Å². The molecule has 2 aromatic heterocycles. The Morgan fingerprint density at radius 2 is 1.74 bits per heavy atom. The molecule has 0 aliphatic rings. The van der Waals surface area contributed by atoms with E-state index >= 15 is 0 Å². The van der Waals surface area contributed by atoms with Crippen LogP contribution in [0.5, 0.6) is 0 Å². The molecular formula is C19H15BrN2O. The number of hydrogen-bond acceptors (Lipinski definition) is 1. The molecule has 114 valence electrons. The topological polar surface area (TPSA) is 37.8 Å². The van der Waals surface area contributed by atoms with E-state index in [2.05, 4.69) is 46.0 Å². The molecule has 0 saturated heterocycles. The van der Waals surface area contributed by atoms with Crippen molar-refractivity contribution in [2.75, 3.05) is 0 Å². The van der Waals surface area contributed by atoms with Crippen LogP contribution in [0.25, 0.3) is 33.1 Å². The SMILES string of the molecule is Cc1ccc2[nH]c3c(cc(-c4ccc(Br)cc4)c(=O)n3C)c2c1. The Bertz CT molecular complexity index is 1100. The molecule has 4 aromatic rings. The van der Waals surface area contributed by atoms with Crippen LogP contribution >= 0.6 is 15.9 Å². The summed E-state index contributed by atoms with van der Waals surface area (Å²) in [6.07, 6.45) is 0. The first kappa shape index (κ1) is 14.3. The van der Waals surface area contributed by atoms with Gasteiger partial charge in [-0.1, -0.05) is 39.7 Å². The first-order chi connectivity index (χ1) is 11.0. The summed E-state index contributed by atoms with van der Waals surface area (Å²) in [6, 6.07) is 16.1. The zero-order chi connectivity index (χ0) is 16.1. The fraction of sp³-hybridized carbons (Fsp3) is 0.105. The van der Waals surface area contributed by atoms with Crippen molar-refractivity contribution in [2.24, 2.45) is 7.05 Å². The maximum atomic E-state index is 12.7. The number of aryl methyl sites for hydroxylation is 2. The van der Waals surface area contributed by atoms with E-state index in [4.69, 9.17) is 0 Å². The van der Waals surface area contributed by atoms with Crippen LogP contribution in [0.1, 0.15) is 5.56 Å². The van der Waals surface area contributed by atoms with Crippen molar-refractivity contribution < 1.29 is 0 Å². The first-order valence-electron chi connectivity index (χ1n) is 7.42. The number of H-pyrrole nitrogens is 1. The van der Waals surface area contributed by atoms with Gasteiger partial charge in [-0.3, -0.25) is 9.36 Å². The molecule has 2 aromatic carbocycles. The summed E-state index contributed by atoms with van der Waals surface area (Å²) in [5, 5.41) is 2.22. The van der Waals surface area contributed by atoms with Gasteiger partial charge in [0, 0.05) is 33.4 Å². The minimum Gasteiger partial charge on any atom is -0.341 e. The van der Waals surface area contributed by atoms with Gasteiger partial charge in [-0.05, 0) is 42.8 Å². The maximum Gasteiger partial charge on any atom is 0.259 e. The number of halogens is 1. The van der Waals surface area contributed by atoms with Gasteiger partial charge in [0.2, 0.25) is 0 Å². The molecule has 0 radical (unpaired) electrons. The second-order valence-corrected chi connectivity index (χ2v) is 6.78. The van der Waals surface area contributed by atoms with Crippen molar-refractivity contribution >= 4 is 37.9 Å². The Balaban J connectivity index is 2.11. The number of pyridine rings is 1. The summed E-state index contributed by atoms with van der Waals surface area (Å²) >= 11 is 3.44. The van der Waals surface area contributed by atoms with Crippen LogP contribution in [0.2, 0.25) is 0 Å². The standard InChI is InChI=1S/C19H15BrN2O/c1-11-3-8-17-15(9-11)16-10-14(12-4-6-13(20)7-5-12)19(23)22(2)18(16)21-17/h3-10,21H,1-2H3. The molecule has 0 atom stereocenters. The minimum absolute atomic E-state index is 0.00287. The molecule has 4 heteroatoms. The van der Waals surface area contributed by atoms with Crippen LogP contribution in [0.4, 0.5) is 0 Å². The third-order valence-corrected chi connectivity index (χ3v) is 4.82. The zero-order valence-electron chi connectivity index (χ0n) is 12.9. The summed E-state index contributed by atoms with van der Waals surface area (Å²) in [7, 11) is 1.81. The average Bonchev–Trinajstić information content (AvgIpc) is 2.90. The molecule has 1 N–H and O–H groups in total. The fourth-order valence-corrected chi connectivity index (χ4v) is 3.31. The molecule has 0 amide bonds. The van der Waals surface area contributed by atoms with Crippen molar-refractivity contribution in [2.45, 2.75) is 6.92 Å². The average molecular weight is 367 g/mol. The molecule has 0 saturated carbocycles. The third kappa shape index (κ3) is 2.21. The second kappa shape index (κ2) is 5.10. The zero-order valence-corrected chi connectivity index (χ0v) is 14.4. The molecule has 2 heterocycles. The molecule has 23 heavy (non-hydrogen) atoms. The van der Waals surface area contributed by atoms with Crippen LogP contribution < -0.4 is 5.56 Å². The van der Waals surface area contributed by atoms with Gasteiger partial charge in [-0.15, -0.1) is 0 Å². The van der Waals surface area contributed by atoms with E-state index in [9.17, 15) is 4.79 Å². The summed E-state index contributed by atoms with van der Waals surface area (Å²) in [6.45, 7) is 2.08. The number of fused-ring (bicyclic) bond motifs is 3. The van der Waals surface area contributed by atoms with Crippen LogP contribution in [-0.4, -0.2) is 9.55 Å². The van der Waals surface area contributed by atoms with Gasteiger partial charge < -0.3 is 4.98 Å². The number of hydrogen-bond donors (Lipinski definition) is 1. The Morgan fingerprint density at radius 1 is 1.00 bits per heavy atom. The van der Waals surface area contributed by atoms with Crippen LogP contribution in [0.15, 0.2) is 57.8 Å².